The van der Waals surface area contributed by atoms with Gasteiger partial charge in [-0.3, -0.25) is 4.79 Å². The van der Waals surface area contributed by atoms with Gasteiger partial charge in [0.15, 0.2) is 5.78 Å². The Kier molecular flexibility index (Phi) is 3.75. The number of ketones is 1. The predicted octanol–water partition coefficient (Wildman–Crippen LogP) is 1.40. The molecule has 1 fully saturated rings. The fourth-order valence-corrected chi connectivity index (χ4v) is 4.17. The highest BCUT2D eigenvalue weighted by Gasteiger charge is 2.29. The molecule has 1 unspecified atom stereocenters. The van der Waals surface area contributed by atoms with Crippen molar-refractivity contribution in [1.82, 2.24) is 0 Å². The third kappa shape index (κ3) is 2.39. The number of rotatable bonds is 3. The van der Waals surface area contributed by atoms with Gasteiger partial charge >= 0.3 is 0 Å². The lowest BCUT2D eigenvalue weighted by atomic mass is 10.3. The van der Waals surface area contributed by atoms with E-state index in [1.807, 2.05) is 23.5 Å². The Balaban J connectivity index is 2.46. The van der Waals surface area contributed by atoms with Crippen LogP contribution in [-0.4, -0.2) is 35.1 Å². The Bertz CT molecular complexity index is 143. The number of thioether (sulfide) groups is 2. The summed E-state index contributed by atoms with van der Waals surface area (Å²) in [7, 11) is 1.60. The average molecular weight is 192 g/mol. The van der Waals surface area contributed by atoms with Crippen LogP contribution < -0.4 is 0 Å². The van der Waals surface area contributed by atoms with Crippen molar-refractivity contribution < 1.29 is 9.53 Å². The smallest absolute Gasteiger partial charge is 0.160 e. The number of hydrogen-bond donors (Lipinski definition) is 0. The first-order valence-corrected chi connectivity index (χ1v) is 5.62. The summed E-state index contributed by atoms with van der Waals surface area (Å²) in [5.41, 5.74) is 0. The van der Waals surface area contributed by atoms with Gasteiger partial charge in [-0.25, -0.2) is 0 Å². The molecule has 0 N–H and O–H groups in total. The first-order valence-electron chi connectivity index (χ1n) is 3.52. The molecule has 1 atom stereocenters. The van der Waals surface area contributed by atoms with Crippen LogP contribution in [0.5, 0.6) is 0 Å². The van der Waals surface area contributed by atoms with E-state index >= 15 is 0 Å². The lowest BCUT2D eigenvalue weighted by Gasteiger charge is -2.16. The number of Topliss-reactive ketones (excluding diaryl/α,β-unsaturated/α-hetero) is 1. The van der Waals surface area contributed by atoms with Crippen LogP contribution in [0.25, 0.3) is 0 Å². The van der Waals surface area contributed by atoms with Crippen molar-refractivity contribution in [3.63, 3.8) is 0 Å². The highest BCUT2D eigenvalue weighted by molar-refractivity contribution is 8.20. The van der Waals surface area contributed by atoms with Crippen molar-refractivity contribution in [2.75, 3.05) is 18.6 Å². The van der Waals surface area contributed by atoms with E-state index < -0.39 is 0 Å². The fourth-order valence-electron chi connectivity index (χ4n) is 1.02. The van der Waals surface area contributed by atoms with Crippen LogP contribution in [0.2, 0.25) is 0 Å². The van der Waals surface area contributed by atoms with Crippen LogP contribution in [0.3, 0.4) is 0 Å². The summed E-state index contributed by atoms with van der Waals surface area (Å²) in [6, 6.07) is 0. The topological polar surface area (TPSA) is 26.3 Å². The molecule has 64 valence electrons. The lowest BCUT2D eigenvalue weighted by Crippen LogP contribution is -2.28. The fraction of sp³-hybridized carbons (Fsp3) is 0.857. The van der Waals surface area contributed by atoms with Gasteiger partial charge in [0.05, 0.1) is 4.58 Å². The van der Waals surface area contributed by atoms with Gasteiger partial charge in [0.1, 0.15) is 6.10 Å². The molecule has 11 heavy (non-hydrogen) atoms. The molecular formula is C7H12O2S2. The van der Waals surface area contributed by atoms with Gasteiger partial charge in [-0.2, -0.15) is 0 Å². The van der Waals surface area contributed by atoms with Gasteiger partial charge in [0.2, 0.25) is 0 Å². The molecular weight excluding hydrogens is 180 g/mol. The standard InChI is InChI=1S/C7H12O2S2/c1-5(8)6(9-2)7-10-3-4-11-7/h6-7H,3-4H2,1-2H3. The largest absolute Gasteiger partial charge is 0.372 e. The first-order chi connectivity index (χ1) is 5.25. The quantitative estimate of drug-likeness (QED) is 0.675. The summed E-state index contributed by atoms with van der Waals surface area (Å²) in [6.07, 6.45) is -0.201. The van der Waals surface area contributed by atoms with Crippen LogP contribution in [0.4, 0.5) is 0 Å². The van der Waals surface area contributed by atoms with Crippen LogP contribution in [-0.2, 0) is 9.53 Å². The molecule has 0 aromatic carbocycles. The zero-order chi connectivity index (χ0) is 8.27. The summed E-state index contributed by atoms with van der Waals surface area (Å²) in [4.78, 5) is 11.0. The maximum absolute atomic E-state index is 11.0. The molecule has 1 saturated heterocycles. The molecule has 0 amide bonds. The Morgan fingerprint density at radius 1 is 1.55 bits per heavy atom. The van der Waals surface area contributed by atoms with E-state index in [4.69, 9.17) is 4.74 Å². The molecule has 0 aromatic heterocycles. The van der Waals surface area contributed by atoms with Gasteiger partial charge < -0.3 is 4.74 Å². The molecule has 0 spiro atoms. The molecule has 0 saturated carbocycles. The average Bonchev–Trinajstić information content (AvgIpc) is 2.40. The lowest BCUT2D eigenvalue weighted by molar-refractivity contribution is -0.125. The van der Waals surface area contributed by atoms with Crippen molar-refractivity contribution >= 4 is 29.3 Å². The van der Waals surface area contributed by atoms with Gasteiger partial charge in [-0.05, 0) is 6.92 Å². The van der Waals surface area contributed by atoms with E-state index in [2.05, 4.69) is 0 Å². The molecule has 4 heteroatoms. The SMILES string of the molecule is COC(C(C)=O)C1SCCS1. The molecule has 1 rings (SSSR count). The molecule has 1 aliphatic heterocycles. The Labute approximate surface area is 75.4 Å². The first kappa shape index (κ1) is 9.42. The Hall–Kier alpha value is 0.330. The summed E-state index contributed by atoms with van der Waals surface area (Å²) in [5, 5.41) is 0. The van der Waals surface area contributed by atoms with Gasteiger partial charge in [-0.15, -0.1) is 23.5 Å². The second-order valence-electron chi connectivity index (χ2n) is 2.38. The minimum Gasteiger partial charge on any atom is -0.372 e. The summed E-state index contributed by atoms with van der Waals surface area (Å²) < 4.78 is 5.44. The predicted molar refractivity (Wildman–Crippen MR) is 50.2 cm³/mol. The van der Waals surface area contributed by atoms with Crippen LogP contribution in [0.1, 0.15) is 6.92 Å². The van der Waals surface area contributed by atoms with Crippen LogP contribution in [0, 0.1) is 0 Å². The molecule has 0 radical (unpaired) electrons. The zero-order valence-electron chi connectivity index (χ0n) is 6.70. The van der Waals surface area contributed by atoms with Gasteiger partial charge in [0.25, 0.3) is 0 Å². The minimum atomic E-state index is -0.201. The number of ether oxygens (including phenoxy) is 1. The van der Waals surface area contributed by atoms with Crippen LogP contribution >= 0.6 is 23.5 Å². The second-order valence-corrected chi connectivity index (χ2v) is 5.17. The van der Waals surface area contributed by atoms with E-state index in [0.29, 0.717) is 4.58 Å². The molecule has 0 aliphatic carbocycles. The Morgan fingerprint density at radius 3 is 2.45 bits per heavy atom. The number of methoxy groups -OCH3 is 1. The van der Waals surface area contributed by atoms with E-state index in [9.17, 15) is 4.79 Å². The highest BCUT2D eigenvalue weighted by Crippen LogP contribution is 2.35. The van der Waals surface area contributed by atoms with Gasteiger partial charge in [0, 0.05) is 18.6 Å². The van der Waals surface area contributed by atoms with Crippen molar-refractivity contribution in [2.45, 2.75) is 17.6 Å². The molecule has 1 aliphatic rings. The molecule has 0 bridgehead atoms. The monoisotopic (exact) mass is 192 g/mol. The van der Waals surface area contributed by atoms with E-state index in [1.165, 1.54) is 0 Å². The maximum Gasteiger partial charge on any atom is 0.160 e. The van der Waals surface area contributed by atoms with E-state index in [-0.39, 0.29) is 11.9 Å². The number of hydrogen-bond acceptors (Lipinski definition) is 4. The second kappa shape index (κ2) is 4.38. The third-order valence-corrected chi connectivity index (χ3v) is 4.66. The summed E-state index contributed by atoms with van der Waals surface area (Å²) >= 11 is 3.64. The zero-order valence-corrected chi connectivity index (χ0v) is 8.33. The molecule has 2 nitrogen and oxygen atoms in total. The summed E-state index contributed by atoms with van der Waals surface area (Å²) in [5.74, 6) is 2.42. The third-order valence-electron chi connectivity index (χ3n) is 1.55. The Morgan fingerprint density at radius 2 is 2.09 bits per heavy atom. The molecule has 1 heterocycles. The van der Waals surface area contributed by atoms with Crippen molar-refractivity contribution in [2.24, 2.45) is 0 Å². The number of carbonyl (C=O) groups excluding carboxylic acids is 1. The van der Waals surface area contributed by atoms with Gasteiger partial charge in [-0.1, -0.05) is 0 Å². The normalized spacial score (nSPS) is 22.0. The van der Waals surface area contributed by atoms with Crippen molar-refractivity contribution in [3.05, 3.63) is 0 Å². The van der Waals surface area contributed by atoms with E-state index in [1.54, 1.807) is 14.0 Å². The maximum atomic E-state index is 11.0. The molecule has 0 aromatic rings. The van der Waals surface area contributed by atoms with Crippen molar-refractivity contribution in [3.8, 4) is 0 Å². The highest BCUT2D eigenvalue weighted by atomic mass is 32.2. The van der Waals surface area contributed by atoms with E-state index in [0.717, 1.165) is 11.5 Å². The van der Waals surface area contributed by atoms with Crippen molar-refractivity contribution in [1.29, 1.82) is 0 Å². The van der Waals surface area contributed by atoms with Crippen LogP contribution in [0.15, 0.2) is 0 Å². The minimum absolute atomic E-state index is 0.138. The number of carbonyl (C=O) groups is 1. The summed E-state index contributed by atoms with van der Waals surface area (Å²) in [6.45, 7) is 1.59.